The average Bonchev–Trinajstić information content (AvgIpc) is 3.67. The van der Waals surface area contributed by atoms with Gasteiger partial charge in [-0.3, -0.25) is 9.59 Å². The molecule has 0 aromatic heterocycles. The average molecular weight is 1160 g/mol. The van der Waals surface area contributed by atoms with E-state index in [4.69, 9.17) is 14.2 Å². The highest BCUT2D eigenvalue weighted by Gasteiger charge is 2.47. The van der Waals surface area contributed by atoms with Crippen molar-refractivity contribution < 1.29 is 49.3 Å². The monoisotopic (exact) mass is 1160 g/mol. The molecule has 0 radical (unpaired) electrons. The lowest BCUT2D eigenvalue weighted by Gasteiger charge is -2.41. The zero-order chi connectivity index (χ0) is 60.3. The van der Waals surface area contributed by atoms with Crippen molar-refractivity contribution in [2.45, 2.75) is 320 Å². The topological polar surface area (TPSA) is 175 Å². The van der Waals surface area contributed by atoms with Crippen LogP contribution in [-0.4, -0.2) is 99.6 Å². The summed E-state index contributed by atoms with van der Waals surface area (Å²) in [6, 6.07) is -1.05. The van der Waals surface area contributed by atoms with E-state index in [0.717, 1.165) is 70.6 Å². The van der Waals surface area contributed by atoms with Gasteiger partial charge in [0.2, 0.25) is 5.91 Å². The van der Waals surface area contributed by atoms with Gasteiger partial charge in [-0.25, -0.2) is 0 Å². The highest BCUT2D eigenvalue weighted by atomic mass is 16.7. The van der Waals surface area contributed by atoms with Crippen LogP contribution in [0.15, 0.2) is 109 Å². The van der Waals surface area contributed by atoms with Crippen LogP contribution in [-0.2, 0) is 23.8 Å². The molecule has 0 bridgehead atoms. The molecule has 1 fully saturated rings. The lowest BCUT2D eigenvalue weighted by Crippen LogP contribution is -2.61. The number of carbonyl (C=O) groups is 2. The van der Waals surface area contributed by atoms with Gasteiger partial charge in [-0.2, -0.15) is 0 Å². The van der Waals surface area contributed by atoms with Crippen molar-refractivity contribution in [1.29, 1.82) is 0 Å². The normalized spacial score (nSPS) is 19.3. The maximum atomic E-state index is 13.4. The van der Waals surface area contributed by atoms with Crippen molar-refractivity contribution in [3.05, 3.63) is 109 Å². The van der Waals surface area contributed by atoms with E-state index in [1.807, 2.05) is 72.9 Å². The number of amides is 1. The fourth-order valence-corrected chi connectivity index (χ4v) is 10.0. The predicted molar refractivity (Wildman–Crippen MR) is 347 cm³/mol. The second-order valence-corrected chi connectivity index (χ2v) is 23.0. The molecule has 0 aromatic rings. The molecule has 8 atom stereocenters. The van der Waals surface area contributed by atoms with Gasteiger partial charge in [0.15, 0.2) is 12.4 Å². The number of esters is 1. The number of hydrogen-bond donors (Lipinski definition) is 6. The Balaban J connectivity index is 2.62. The first-order valence-electron chi connectivity index (χ1n) is 33.7. The molecule has 11 heteroatoms. The summed E-state index contributed by atoms with van der Waals surface area (Å²) in [5, 5.41) is 57.1. The number of nitrogens with one attached hydrogen (secondary N) is 1. The molecule has 0 aliphatic carbocycles. The molecule has 1 heterocycles. The van der Waals surface area contributed by atoms with Gasteiger partial charge in [0.25, 0.3) is 0 Å². The molecule has 1 aliphatic rings. The van der Waals surface area contributed by atoms with Gasteiger partial charge >= 0.3 is 5.97 Å². The first kappa shape index (κ1) is 77.3. The van der Waals surface area contributed by atoms with Crippen LogP contribution in [0.2, 0.25) is 0 Å². The molecule has 1 amide bonds. The Morgan fingerprint density at radius 2 is 0.916 bits per heavy atom. The zero-order valence-electron chi connectivity index (χ0n) is 52.8. The number of aliphatic hydroxyl groups is 5. The fraction of sp³-hybridized carbons (Fsp3) is 0.722. The summed E-state index contributed by atoms with van der Waals surface area (Å²) in [7, 11) is 0. The van der Waals surface area contributed by atoms with Gasteiger partial charge in [0, 0.05) is 6.42 Å². The molecule has 1 saturated heterocycles. The highest BCUT2D eigenvalue weighted by Crippen LogP contribution is 2.26. The van der Waals surface area contributed by atoms with Crippen LogP contribution in [0.1, 0.15) is 271 Å². The molecular weight excluding hydrogens is 1040 g/mol. The molecule has 8 unspecified atom stereocenters. The van der Waals surface area contributed by atoms with Crippen LogP contribution in [0.5, 0.6) is 0 Å². The van der Waals surface area contributed by atoms with Gasteiger partial charge in [-0.1, -0.05) is 297 Å². The first-order chi connectivity index (χ1) is 40.7. The predicted octanol–water partition coefficient (Wildman–Crippen LogP) is 16.8. The number of unbranched alkanes of at least 4 members (excludes halogenated alkanes) is 31. The fourth-order valence-electron chi connectivity index (χ4n) is 10.0. The Bertz CT molecular complexity index is 1770. The minimum absolute atomic E-state index is 0.113. The van der Waals surface area contributed by atoms with E-state index in [1.54, 1.807) is 6.08 Å². The van der Waals surface area contributed by atoms with Crippen LogP contribution in [0.25, 0.3) is 0 Å². The van der Waals surface area contributed by atoms with Crippen molar-refractivity contribution in [3.8, 4) is 0 Å². The third kappa shape index (κ3) is 46.2. The minimum atomic E-state index is -1.63. The van der Waals surface area contributed by atoms with E-state index in [0.29, 0.717) is 12.8 Å². The second-order valence-electron chi connectivity index (χ2n) is 23.0. The standard InChI is InChI=1S/C72H123NO10/c1-4-7-10-13-16-19-22-25-27-29-30-31-32-33-34-35-36-37-39-42-45-48-51-54-57-60-67(77)83-70-69(79)68(78)66(61-74)82-72(70)81-62-63(64(75)58-55-52-49-46-43-40-24-21-18-15-12-9-6-3)73-71(80)65(76)59-56-53-50-47-44-41-38-28-26-23-20-17-14-11-8-5-2/h8,11,14,16-17,19-20,23,25-28,38,41,44,47,55,58,63-66,68-70,72,74-76,78-79H,4-7,9-10,12-13,15,18,21-22,24,29-37,39-40,42-43,45-46,48-54,56-57,59-62H2,1-3H3,(H,73,80)/b11-8-,17-14+,19-16-,23-20+,27-25-,28-26-,41-38+,47-44+,58-55+. The number of carbonyl (C=O) groups excluding carboxylic acids is 2. The van der Waals surface area contributed by atoms with Gasteiger partial charge in [0.05, 0.1) is 25.4 Å². The molecule has 0 aromatic carbocycles. The minimum Gasteiger partial charge on any atom is -0.454 e. The van der Waals surface area contributed by atoms with Crippen molar-refractivity contribution in [1.82, 2.24) is 5.32 Å². The zero-order valence-corrected chi connectivity index (χ0v) is 52.8. The van der Waals surface area contributed by atoms with Crippen molar-refractivity contribution in [2.75, 3.05) is 13.2 Å². The summed E-state index contributed by atoms with van der Waals surface area (Å²) in [5.74, 6) is -1.24. The van der Waals surface area contributed by atoms with E-state index in [2.05, 4.69) is 56.5 Å². The van der Waals surface area contributed by atoms with E-state index in [-0.39, 0.29) is 19.4 Å². The molecule has 1 aliphatic heterocycles. The number of hydrogen-bond acceptors (Lipinski definition) is 10. The van der Waals surface area contributed by atoms with Crippen LogP contribution in [0, 0.1) is 0 Å². The first-order valence-corrected chi connectivity index (χ1v) is 33.7. The van der Waals surface area contributed by atoms with Crippen LogP contribution in [0.4, 0.5) is 0 Å². The van der Waals surface area contributed by atoms with Crippen LogP contribution >= 0.6 is 0 Å². The Hall–Kier alpha value is -3.68. The van der Waals surface area contributed by atoms with Crippen LogP contribution < -0.4 is 5.32 Å². The largest absolute Gasteiger partial charge is 0.454 e. The smallest absolute Gasteiger partial charge is 0.306 e. The third-order valence-electron chi connectivity index (χ3n) is 15.3. The molecule has 83 heavy (non-hydrogen) atoms. The van der Waals surface area contributed by atoms with Crippen LogP contribution in [0.3, 0.4) is 0 Å². The van der Waals surface area contributed by atoms with Gasteiger partial charge < -0.3 is 45.1 Å². The van der Waals surface area contributed by atoms with Gasteiger partial charge in [-0.15, -0.1) is 0 Å². The number of aliphatic hydroxyl groups excluding tert-OH is 5. The summed E-state index contributed by atoms with van der Waals surface area (Å²) < 4.78 is 17.6. The van der Waals surface area contributed by atoms with E-state index in [9.17, 15) is 35.1 Å². The summed E-state index contributed by atoms with van der Waals surface area (Å²) >= 11 is 0. The SMILES string of the molecule is CC\C=C/C=C/C=C/C=C\C=C\C=C\CCCCC(O)C(=O)NC(COC1OC(CO)C(O)C(O)C1OC(=O)CCCCCCCCCCCCCCCCC/C=C\C/C=C\CCCCC)C(O)/C=C/CCCCCCCCCCCCC. The van der Waals surface area contributed by atoms with Crippen molar-refractivity contribution in [3.63, 3.8) is 0 Å². The third-order valence-corrected chi connectivity index (χ3v) is 15.3. The molecule has 6 N–H and O–H groups in total. The molecule has 0 spiro atoms. The summed E-state index contributed by atoms with van der Waals surface area (Å²) in [6.45, 7) is 5.60. The summed E-state index contributed by atoms with van der Waals surface area (Å²) in [5.41, 5.74) is 0. The summed E-state index contributed by atoms with van der Waals surface area (Å²) in [6.07, 6.45) is 69.9. The lowest BCUT2D eigenvalue weighted by molar-refractivity contribution is -0.305. The Morgan fingerprint density at radius 3 is 1.42 bits per heavy atom. The van der Waals surface area contributed by atoms with E-state index in [1.165, 1.54) is 154 Å². The Kier molecular flexibility index (Phi) is 54.7. The lowest BCUT2D eigenvalue weighted by atomic mass is 9.99. The Labute approximate surface area is 507 Å². The Morgan fingerprint density at radius 1 is 0.494 bits per heavy atom. The van der Waals surface area contributed by atoms with Crippen molar-refractivity contribution >= 4 is 11.9 Å². The molecule has 476 valence electrons. The number of rotatable bonds is 56. The molecule has 1 rings (SSSR count). The van der Waals surface area contributed by atoms with E-state index >= 15 is 0 Å². The molecule has 11 nitrogen and oxygen atoms in total. The maximum Gasteiger partial charge on any atom is 0.306 e. The van der Waals surface area contributed by atoms with Gasteiger partial charge in [0.1, 0.15) is 24.4 Å². The quantitative estimate of drug-likeness (QED) is 0.0149. The number of ether oxygens (including phenoxy) is 3. The van der Waals surface area contributed by atoms with Gasteiger partial charge in [-0.05, 0) is 77.0 Å². The highest BCUT2D eigenvalue weighted by molar-refractivity contribution is 5.80. The maximum absolute atomic E-state index is 13.4. The molecular formula is C72H123NO10. The number of allylic oxidation sites excluding steroid dienone is 17. The second kappa shape index (κ2) is 58.7. The van der Waals surface area contributed by atoms with E-state index < -0.39 is 67.4 Å². The molecule has 0 saturated carbocycles. The van der Waals surface area contributed by atoms with Crippen molar-refractivity contribution in [2.24, 2.45) is 0 Å². The summed E-state index contributed by atoms with van der Waals surface area (Å²) in [4.78, 5) is 26.6.